The summed E-state index contributed by atoms with van der Waals surface area (Å²) in [6.07, 6.45) is 4.49. The fourth-order valence-electron chi connectivity index (χ4n) is 2.98. The van der Waals surface area contributed by atoms with Crippen molar-refractivity contribution in [1.82, 2.24) is 15.5 Å². The molecule has 1 unspecified atom stereocenters. The molecule has 0 saturated carbocycles. The second kappa shape index (κ2) is 10.0. The molecular weight excluding hydrogens is 358 g/mol. The molecule has 2 rings (SSSR count). The van der Waals surface area contributed by atoms with E-state index in [0.717, 1.165) is 31.7 Å². The molecule has 1 atom stereocenters. The minimum Gasteiger partial charge on any atom is -0.341 e. The Morgan fingerprint density at radius 1 is 1.32 bits per heavy atom. The summed E-state index contributed by atoms with van der Waals surface area (Å²) in [6, 6.07) is 6.85. The van der Waals surface area contributed by atoms with Gasteiger partial charge in [-0.2, -0.15) is 11.8 Å². The first-order chi connectivity index (χ1) is 12.1. The lowest BCUT2D eigenvalue weighted by Crippen LogP contribution is -2.52. The van der Waals surface area contributed by atoms with Gasteiger partial charge in [-0.15, -0.1) is 0 Å². The maximum absolute atomic E-state index is 12.9. The maximum Gasteiger partial charge on any atom is 0.253 e. The summed E-state index contributed by atoms with van der Waals surface area (Å²) in [5.41, 5.74) is 0.403. The van der Waals surface area contributed by atoms with E-state index < -0.39 is 6.04 Å². The van der Waals surface area contributed by atoms with Crippen LogP contribution in [-0.2, 0) is 4.79 Å². The minimum atomic E-state index is -0.512. The van der Waals surface area contributed by atoms with Crippen molar-refractivity contribution in [3.05, 3.63) is 34.9 Å². The first-order valence-corrected chi connectivity index (χ1v) is 10.3. The first-order valence-electron chi connectivity index (χ1n) is 8.57. The Balaban J connectivity index is 2.04. The third kappa shape index (κ3) is 5.62. The second-order valence-electron chi connectivity index (χ2n) is 6.18. The number of nitrogens with one attached hydrogen (secondary N) is 2. The van der Waals surface area contributed by atoms with Gasteiger partial charge in [0.25, 0.3) is 5.91 Å². The molecule has 0 aromatic heterocycles. The molecule has 1 aromatic carbocycles. The van der Waals surface area contributed by atoms with Crippen LogP contribution < -0.4 is 10.6 Å². The van der Waals surface area contributed by atoms with Gasteiger partial charge in [-0.1, -0.05) is 23.7 Å². The lowest BCUT2D eigenvalue weighted by molar-refractivity contribution is -0.134. The molecule has 2 amide bonds. The Hall–Kier alpha value is -1.24. The third-order valence-electron chi connectivity index (χ3n) is 4.55. The fraction of sp³-hybridized carbons (Fsp3) is 0.556. The molecule has 1 aliphatic heterocycles. The van der Waals surface area contributed by atoms with E-state index in [9.17, 15) is 9.59 Å². The molecule has 7 heteroatoms. The Morgan fingerprint density at radius 2 is 2.00 bits per heavy atom. The highest BCUT2D eigenvalue weighted by atomic mass is 35.5. The van der Waals surface area contributed by atoms with E-state index >= 15 is 0 Å². The van der Waals surface area contributed by atoms with Gasteiger partial charge in [0, 0.05) is 19.1 Å². The van der Waals surface area contributed by atoms with Gasteiger partial charge in [-0.05, 0) is 50.5 Å². The maximum atomic E-state index is 12.9. The Bertz CT molecular complexity index is 591. The fourth-order valence-corrected chi connectivity index (χ4v) is 3.68. The number of halogens is 1. The van der Waals surface area contributed by atoms with Crippen LogP contribution in [0.3, 0.4) is 0 Å². The number of carbonyl (C=O) groups excluding carboxylic acids is 2. The molecule has 0 bridgehead atoms. The van der Waals surface area contributed by atoms with Crippen LogP contribution >= 0.6 is 23.4 Å². The van der Waals surface area contributed by atoms with E-state index in [1.807, 2.05) is 18.2 Å². The number of carbonyl (C=O) groups is 2. The summed E-state index contributed by atoms with van der Waals surface area (Å²) < 4.78 is 0. The monoisotopic (exact) mass is 383 g/mol. The predicted octanol–water partition coefficient (Wildman–Crippen LogP) is 2.40. The van der Waals surface area contributed by atoms with E-state index in [1.54, 1.807) is 36.0 Å². The summed E-state index contributed by atoms with van der Waals surface area (Å²) in [5, 5.41) is 6.54. The number of benzene rings is 1. The zero-order chi connectivity index (χ0) is 18.2. The zero-order valence-electron chi connectivity index (χ0n) is 14.8. The van der Waals surface area contributed by atoms with Crippen LogP contribution in [0.4, 0.5) is 0 Å². The zero-order valence-corrected chi connectivity index (χ0v) is 16.3. The van der Waals surface area contributed by atoms with Crippen molar-refractivity contribution in [3.8, 4) is 0 Å². The highest BCUT2D eigenvalue weighted by Gasteiger charge is 2.29. The Labute approximate surface area is 158 Å². The predicted molar refractivity (Wildman–Crippen MR) is 104 cm³/mol. The van der Waals surface area contributed by atoms with Crippen molar-refractivity contribution in [3.63, 3.8) is 0 Å². The first kappa shape index (κ1) is 20.1. The minimum absolute atomic E-state index is 0.00371. The van der Waals surface area contributed by atoms with Crippen LogP contribution in [0.25, 0.3) is 0 Å². The number of amides is 2. The van der Waals surface area contributed by atoms with E-state index in [2.05, 4.69) is 10.6 Å². The highest BCUT2D eigenvalue weighted by molar-refractivity contribution is 7.98. The van der Waals surface area contributed by atoms with E-state index in [1.165, 1.54) is 0 Å². The van der Waals surface area contributed by atoms with Crippen LogP contribution in [0.15, 0.2) is 24.3 Å². The van der Waals surface area contributed by atoms with E-state index in [4.69, 9.17) is 11.6 Å². The summed E-state index contributed by atoms with van der Waals surface area (Å²) in [5.74, 6) is 0.519. The summed E-state index contributed by atoms with van der Waals surface area (Å²) in [6.45, 7) is 1.45. The van der Waals surface area contributed by atoms with Crippen LogP contribution in [-0.4, -0.2) is 60.9 Å². The van der Waals surface area contributed by atoms with Gasteiger partial charge >= 0.3 is 0 Å². The molecule has 138 valence electrons. The van der Waals surface area contributed by atoms with Crippen LogP contribution in [0.1, 0.15) is 29.6 Å². The van der Waals surface area contributed by atoms with Crippen molar-refractivity contribution in [2.45, 2.75) is 31.3 Å². The molecular formula is C18H26ClN3O2S. The van der Waals surface area contributed by atoms with E-state index in [-0.39, 0.29) is 11.8 Å². The van der Waals surface area contributed by atoms with Crippen molar-refractivity contribution in [2.75, 3.05) is 32.1 Å². The molecule has 1 aliphatic rings. The quantitative estimate of drug-likeness (QED) is 0.759. The van der Waals surface area contributed by atoms with Gasteiger partial charge in [0.05, 0.1) is 10.6 Å². The molecule has 0 radical (unpaired) electrons. The normalized spacial score (nSPS) is 16.5. The lowest BCUT2D eigenvalue weighted by atomic mass is 10.0. The average Bonchev–Trinajstić information content (AvgIpc) is 2.64. The van der Waals surface area contributed by atoms with Gasteiger partial charge in [0.2, 0.25) is 5.91 Å². The third-order valence-corrected chi connectivity index (χ3v) is 5.52. The largest absolute Gasteiger partial charge is 0.341 e. The van der Waals surface area contributed by atoms with E-state index in [0.29, 0.717) is 23.0 Å². The smallest absolute Gasteiger partial charge is 0.253 e. The number of rotatable bonds is 7. The number of hydrogen-bond acceptors (Lipinski definition) is 4. The van der Waals surface area contributed by atoms with Crippen LogP contribution in [0, 0.1) is 0 Å². The topological polar surface area (TPSA) is 61.4 Å². The Kier molecular flexibility index (Phi) is 8.06. The molecule has 25 heavy (non-hydrogen) atoms. The second-order valence-corrected chi connectivity index (χ2v) is 7.57. The number of hydrogen-bond donors (Lipinski definition) is 2. The van der Waals surface area contributed by atoms with Crippen LogP contribution in [0.5, 0.6) is 0 Å². The summed E-state index contributed by atoms with van der Waals surface area (Å²) in [4.78, 5) is 27.3. The summed E-state index contributed by atoms with van der Waals surface area (Å²) >= 11 is 7.77. The molecule has 1 saturated heterocycles. The average molecular weight is 384 g/mol. The molecule has 5 nitrogen and oxygen atoms in total. The number of nitrogens with zero attached hydrogens (tertiary/aromatic N) is 1. The summed E-state index contributed by atoms with van der Waals surface area (Å²) in [7, 11) is 1.95. The van der Waals surface area contributed by atoms with Crippen LogP contribution in [0.2, 0.25) is 5.02 Å². The van der Waals surface area contributed by atoms with Gasteiger partial charge in [0.15, 0.2) is 0 Å². The SMILES string of the molecule is CNC1CCN(C(=O)C(CCSC)NC(=O)c2ccccc2Cl)CC1. The standard InChI is InChI=1S/C18H26ClN3O2S/c1-20-13-7-10-22(11-8-13)18(24)16(9-12-25-2)21-17(23)14-5-3-4-6-15(14)19/h3-6,13,16,20H,7-12H2,1-2H3,(H,21,23). The lowest BCUT2D eigenvalue weighted by Gasteiger charge is -2.34. The van der Waals surface area contributed by atoms with Gasteiger partial charge in [-0.3, -0.25) is 9.59 Å². The van der Waals surface area contributed by atoms with Crippen molar-refractivity contribution >= 4 is 35.2 Å². The molecule has 0 aliphatic carbocycles. The molecule has 2 N–H and O–H groups in total. The number of piperidine rings is 1. The number of thioether (sulfide) groups is 1. The van der Waals surface area contributed by atoms with Crippen molar-refractivity contribution in [2.24, 2.45) is 0 Å². The highest BCUT2D eigenvalue weighted by Crippen LogP contribution is 2.17. The van der Waals surface area contributed by atoms with Crippen molar-refractivity contribution in [1.29, 1.82) is 0 Å². The van der Waals surface area contributed by atoms with Crippen molar-refractivity contribution < 1.29 is 9.59 Å². The number of likely N-dealkylation sites (tertiary alicyclic amines) is 1. The van der Waals surface area contributed by atoms with Gasteiger partial charge < -0.3 is 15.5 Å². The van der Waals surface area contributed by atoms with Gasteiger partial charge in [0.1, 0.15) is 6.04 Å². The Morgan fingerprint density at radius 3 is 2.60 bits per heavy atom. The molecule has 1 aromatic rings. The molecule has 1 heterocycles. The molecule has 1 fully saturated rings. The van der Waals surface area contributed by atoms with Gasteiger partial charge in [-0.25, -0.2) is 0 Å². The molecule has 0 spiro atoms.